The molecule has 0 aromatic heterocycles. The molecule has 0 N–H and O–H groups in total. The van der Waals surface area contributed by atoms with E-state index in [0.29, 0.717) is 16.3 Å². The van der Waals surface area contributed by atoms with Gasteiger partial charge in [-0.2, -0.15) is 5.26 Å². The van der Waals surface area contributed by atoms with E-state index in [-0.39, 0.29) is 0 Å². The van der Waals surface area contributed by atoms with Crippen LogP contribution in [0.15, 0.2) is 78.9 Å². The minimum absolute atomic E-state index is 0.390. The maximum atomic E-state index is 12.1. The van der Waals surface area contributed by atoms with Gasteiger partial charge in [-0.1, -0.05) is 35.9 Å². The van der Waals surface area contributed by atoms with E-state index in [1.165, 1.54) is 6.08 Å². The fourth-order valence-electron chi connectivity index (χ4n) is 2.67. The molecule has 148 valence electrons. The first-order chi connectivity index (χ1) is 14.6. The molecule has 0 spiro atoms. The number of hydrogen-bond acceptors (Lipinski definition) is 4. The normalized spacial score (nSPS) is 11.2. The molecule has 5 heteroatoms. The van der Waals surface area contributed by atoms with Gasteiger partial charge >= 0.3 is 5.97 Å². The topological polar surface area (TPSA) is 59.3 Å². The van der Waals surface area contributed by atoms with Crippen LogP contribution >= 0.6 is 11.6 Å². The standard InChI is InChI=1S/C25H18ClNO3/c1-29-23-12-8-20(9-13-23)21(17-27)15-19-3-2-4-24(16-19)30-25(28)14-7-18-5-10-22(26)11-6-18/h2-16H,1H3/b14-7+,21-15-. The van der Waals surface area contributed by atoms with Crippen LogP contribution in [0.3, 0.4) is 0 Å². The number of nitrogens with zero attached hydrogens (tertiary/aromatic N) is 1. The summed E-state index contributed by atoms with van der Waals surface area (Å²) >= 11 is 5.85. The molecule has 0 aliphatic heterocycles. The average Bonchev–Trinajstić information content (AvgIpc) is 2.77. The van der Waals surface area contributed by atoms with Gasteiger partial charge in [0.1, 0.15) is 11.5 Å². The molecule has 0 aliphatic carbocycles. The third kappa shape index (κ3) is 5.84. The Morgan fingerprint density at radius 1 is 0.967 bits per heavy atom. The number of carbonyl (C=O) groups excluding carboxylic acids is 1. The molecule has 3 aromatic carbocycles. The van der Waals surface area contributed by atoms with Crippen LogP contribution in [0.2, 0.25) is 5.02 Å². The van der Waals surface area contributed by atoms with Crippen molar-refractivity contribution >= 4 is 35.3 Å². The number of benzene rings is 3. The second kappa shape index (κ2) is 10.1. The number of allylic oxidation sites excluding steroid dienone is 1. The highest BCUT2D eigenvalue weighted by molar-refractivity contribution is 6.30. The third-order valence-electron chi connectivity index (χ3n) is 4.19. The number of hydrogen-bond donors (Lipinski definition) is 0. The maximum absolute atomic E-state index is 12.1. The van der Waals surface area contributed by atoms with Crippen LogP contribution in [-0.2, 0) is 4.79 Å². The van der Waals surface area contributed by atoms with E-state index in [0.717, 1.165) is 22.4 Å². The summed E-state index contributed by atoms with van der Waals surface area (Å²) in [6.45, 7) is 0. The summed E-state index contributed by atoms with van der Waals surface area (Å²) in [5.41, 5.74) is 2.84. The van der Waals surface area contributed by atoms with Gasteiger partial charge in [-0.25, -0.2) is 4.79 Å². The molecule has 0 fully saturated rings. The summed E-state index contributed by atoms with van der Waals surface area (Å²) < 4.78 is 10.5. The molecular weight excluding hydrogens is 398 g/mol. The lowest BCUT2D eigenvalue weighted by Gasteiger charge is -2.05. The summed E-state index contributed by atoms with van der Waals surface area (Å²) in [5.74, 6) is 0.611. The van der Waals surface area contributed by atoms with Crippen molar-refractivity contribution in [3.8, 4) is 17.6 Å². The summed E-state index contributed by atoms with van der Waals surface area (Å²) in [4.78, 5) is 12.1. The van der Waals surface area contributed by atoms with Gasteiger partial charge in [0, 0.05) is 11.1 Å². The third-order valence-corrected chi connectivity index (χ3v) is 4.44. The zero-order valence-electron chi connectivity index (χ0n) is 16.2. The van der Waals surface area contributed by atoms with Crippen molar-refractivity contribution in [2.24, 2.45) is 0 Å². The number of methoxy groups -OCH3 is 1. The van der Waals surface area contributed by atoms with Gasteiger partial charge in [0.15, 0.2) is 0 Å². The van der Waals surface area contributed by atoms with Gasteiger partial charge in [-0.15, -0.1) is 0 Å². The zero-order chi connectivity index (χ0) is 21.3. The van der Waals surface area contributed by atoms with E-state index in [9.17, 15) is 10.1 Å². The number of halogens is 1. The van der Waals surface area contributed by atoms with Crippen molar-refractivity contribution in [3.05, 3.63) is 101 Å². The second-order valence-corrected chi connectivity index (χ2v) is 6.71. The van der Waals surface area contributed by atoms with E-state index < -0.39 is 5.97 Å². The fourth-order valence-corrected chi connectivity index (χ4v) is 2.80. The van der Waals surface area contributed by atoms with Crippen molar-refractivity contribution < 1.29 is 14.3 Å². The van der Waals surface area contributed by atoms with Crippen molar-refractivity contribution in [1.29, 1.82) is 5.26 Å². The van der Waals surface area contributed by atoms with Gasteiger partial charge in [-0.3, -0.25) is 0 Å². The summed E-state index contributed by atoms with van der Waals surface area (Å²) in [6.07, 6.45) is 4.74. The highest BCUT2D eigenvalue weighted by atomic mass is 35.5. The molecule has 4 nitrogen and oxygen atoms in total. The van der Waals surface area contributed by atoms with Crippen LogP contribution in [-0.4, -0.2) is 13.1 Å². The molecule has 3 aromatic rings. The quantitative estimate of drug-likeness (QED) is 0.162. The minimum atomic E-state index is -0.498. The predicted octanol–water partition coefficient (Wildman–Crippen LogP) is 6.03. The first-order valence-electron chi connectivity index (χ1n) is 9.09. The highest BCUT2D eigenvalue weighted by Crippen LogP contribution is 2.23. The number of ether oxygens (including phenoxy) is 2. The van der Waals surface area contributed by atoms with Crippen LogP contribution in [0.4, 0.5) is 0 Å². The van der Waals surface area contributed by atoms with Crippen LogP contribution in [0.5, 0.6) is 11.5 Å². The molecular formula is C25H18ClNO3. The lowest BCUT2D eigenvalue weighted by molar-refractivity contribution is -0.128. The van der Waals surface area contributed by atoms with E-state index in [1.807, 2.05) is 18.2 Å². The Kier molecular flexibility index (Phi) is 7.05. The average molecular weight is 416 g/mol. The van der Waals surface area contributed by atoms with Gasteiger partial charge < -0.3 is 9.47 Å². The molecule has 0 amide bonds. The van der Waals surface area contributed by atoms with Crippen LogP contribution in [0, 0.1) is 11.3 Å². The van der Waals surface area contributed by atoms with E-state index >= 15 is 0 Å². The van der Waals surface area contributed by atoms with Gasteiger partial charge in [0.2, 0.25) is 0 Å². The molecule has 0 heterocycles. The van der Waals surface area contributed by atoms with Crippen molar-refractivity contribution in [3.63, 3.8) is 0 Å². The summed E-state index contributed by atoms with van der Waals surface area (Å²) in [5, 5.41) is 10.2. The Morgan fingerprint density at radius 3 is 2.37 bits per heavy atom. The molecule has 0 aliphatic rings. The smallest absolute Gasteiger partial charge is 0.336 e. The number of esters is 1. The summed E-state index contributed by atoms with van der Waals surface area (Å²) in [6, 6.07) is 23.5. The van der Waals surface area contributed by atoms with E-state index in [1.54, 1.807) is 73.9 Å². The predicted molar refractivity (Wildman–Crippen MR) is 119 cm³/mol. The lowest BCUT2D eigenvalue weighted by atomic mass is 10.0. The monoisotopic (exact) mass is 415 g/mol. The van der Waals surface area contributed by atoms with Gasteiger partial charge in [0.05, 0.1) is 18.8 Å². The molecule has 0 bridgehead atoms. The Hall–Kier alpha value is -3.81. The van der Waals surface area contributed by atoms with Crippen molar-refractivity contribution in [2.45, 2.75) is 0 Å². The number of nitriles is 1. The Bertz CT molecular complexity index is 1120. The van der Waals surface area contributed by atoms with Crippen molar-refractivity contribution in [2.75, 3.05) is 7.11 Å². The molecule has 0 saturated heterocycles. The molecule has 0 atom stereocenters. The first kappa shape index (κ1) is 20.9. The molecule has 0 unspecified atom stereocenters. The van der Waals surface area contributed by atoms with Crippen LogP contribution < -0.4 is 9.47 Å². The van der Waals surface area contributed by atoms with Crippen molar-refractivity contribution in [1.82, 2.24) is 0 Å². The molecule has 3 rings (SSSR count). The first-order valence-corrected chi connectivity index (χ1v) is 9.47. The van der Waals surface area contributed by atoms with Crippen LogP contribution in [0.1, 0.15) is 16.7 Å². The van der Waals surface area contributed by atoms with Crippen LogP contribution in [0.25, 0.3) is 17.7 Å². The number of carbonyl (C=O) groups is 1. The van der Waals surface area contributed by atoms with E-state index in [2.05, 4.69) is 6.07 Å². The van der Waals surface area contributed by atoms with Gasteiger partial charge in [-0.05, 0) is 77.4 Å². The zero-order valence-corrected chi connectivity index (χ0v) is 17.0. The maximum Gasteiger partial charge on any atom is 0.336 e. The SMILES string of the molecule is COc1ccc(/C(C#N)=C\c2cccc(OC(=O)/C=C/c3ccc(Cl)cc3)c2)cc1. The Balaban J connectivity index is 1.73. The summed E-state index contributed by atoms with van der Waals surface area (Å²) in [7, 11) is 1.59. The molecule has 30 heavy (non-hydrogen) atoms. The lowest BCUT2D eigenvalue weighted by Crippen LogP contribution is -2.03. The highest BCUT2D eigenvalue weighted by Gasteiger charge is 2.05. The second-order valence-electron chi connectivity index (χ2n) is 6.28. The van der Waals surface area contributed by atoms with Gasteiger partial charge in [0.25, 0.3) is 0 Å². The Morgan fingerprint density at radius 2 is 1.70 bits per heavy atom. The minimum Gasteiger partial charge on any atom is -0.497 e. The fraction of sp³-hybridized carbons (Fsp3) is 0.0400. The largest absolute Gasteiger partial charge is 0.497 e. The van der Waals surface area contributed by atoms with E-state index in [4.69, 9.17) is 21.1 Å². The molecule has 0 saturated carbocycles. The Labute approximate surface area is 180 Å². The molecule has 0 radical (unpaired) electrons. The number of rotatable bonds is 6.